The monoisotopic (exact) mass is 297 g/mol. The number of ether oxygens (including phenoxy) is 1. The van der Waals surface area contributed by atoms with Crippen molar-refractivity contribution in [1.29, 1.82) is 0 Å². The van der Waals surface area contributed by atoms with Crippen molar-refractivity contribution in [2.75, 3.05) is 0 Å². The maximum Gasteiger partial charge on any atom is 0.338 e. The van der Waals surface area contributed by atoms with Crippen molar-refractivity contribution in [3.8, 4) is 0 Å². The van der Waals surface area contributed by atoms with Crippen LogP contribution in [-0.4, -0.2) is 10.9 Å². The van der Waals surface area contributed by atoms with Gasteiger partial charge in [-0.15, -0.1) is 0 Å². The summed E-state index contributed by atoms with van der Waals surface area (Å²) < 4.78 is 18.2. The quantitative estimate of drug-likeness (QED) is 0.803. The fraction of sp³-hybridized carbons (Fsp3) is 0.167. The number of carbonyl (C=O) groups is 1. The molecule has 3 nitrogen and oxygen atoms in total. The molecule has 0 saturated carbocycles. The Bertz CT molecular complexity index is 682. The van der Waals surface area contributed by atoms with Crippen molar-refractivity contribution >= 4 is 5.97 Å². The molecule has 1 heterocycles. The van der Waals surface area contributed by atoms with Gasteiger partial charge in [0.2, 0.25) is 0 Å². The van der Waals surface area contributed by atoms with Crippen molar-refractivity contribution in [3.63, 3.8) is 0 Å². The van der Waals surface area contributed by atoms with Crippen molar-refractivity contribution in [3.05, 3.63) is 84.0 Å². The van der Waals surface area contributed by atoms with Gasteiger partial charge in [0, 0.05) is 6.20 Å². The Kier molecular flexibility index (Phi) is 3.92. The summed E-state index contributed by atoms with van der Waals surface area (Å²) in [5.74, 6) is -0.692. The Balaban J connectivity index is 1.96. The van der Waals surface area contributed by atoms with E-state index in [0.29, 0.717) is 5.56 Å². The molecule has 0 radical (unpaired) electrons. The highest BCUT2D eigenvalue weighted by atomic mass is 19.1. The lowest BCUT2D eigenvalue weighted by atomic mass is 10.00. The van der Waals surface area contributed by atoms with Crippen molar-refractivity contribution in [2.45, 2.75) is 19.0 Å². The molecular weight excluding hydrogens is 281 g/mol. The van der Waals surface area contributed by atoms with Crippen LogP contribution in [0, 0.1) is 5.82 Å². The van der Waals surface area contributed by atoms with Crippen LogP contribution in [0.2, 0.25) is 0 Å². The molecule has 0 amide bonds. The van der Waals surface area contributed by atoms with Crippen LogP contribution in [0.5, 0.6) is 0 Å². The predicted molar refractivity (Wildman–Crippen MR) is 81.1 cm³/mol. The van der Waals surface area contributed by atoms with Gasteiger partial charge < -0.3 is 9.64 Å². The topological polar surface area (TPSA) is 29.5 Å². The molecule has 0 aliphatic carbocycles. The highest BCUT2D eigenvalue weighted by molar-refractivity contribution is 5.79. The Labute approximate surface area is 128 Å². The first-order chi connectivity index (χ1) is 10.7. The van der Waals surface area contributed by atoms with Crippen LogP contribution in [0.15, 0.2) is 67.1 Å². The standard InChI is InChI=1S/C18H16FNO2/c1-13(14-5-3-2-4-6-14)20-11-12-22-18(21)17(20)15-7-9-16(19)10-8-15/h2-13,17H,1H3. The van der Waals surface area contributed by atoms with Gasteiger partial charge in [-0.3, -0.25) is 0 Å². The molecule has 112 valence electrons. The highest BCUT2D eigenvalue weighted by Gasteiger charge is 2.33. The molecule has 2 atom stereocenters. The Morgan fingerprint density at radius 1 is 1.09 bits per heavy atom. The molecule has 2 aromatic rings. The lowest BCUT2D eigenvalue weighted by Gasteiger charge is -2.36. The van der Waals surface area contributed by atoms with Crippen LogP contribution in [0.1, 0.15) is 30.1 Å². The molecule has 0 aromatic heterocycles. The maximum absolute atomic E-state index is 13.1. The Hall–Kier alpha value is -2.62. The summed E-state index contributed by atoms with van der Waals surface area (Å²) in [6.07, 6.45) is 3.15. The van der Waals surface area contributed by atoms with E-state index in [9.17, 15) is 9.18 Å². The van der Waals surface area contributed by atoms with Gasteiger partial charge in [-0.2, -0.15) is 0 Å². The first-order valence-corrected chi connectivity index (χ1v) is 7.12. The van der Waals surface area contributed by atoms with E-state index in [-0.39, 0.29) is 17.8 Å². The fourth-order valence-electron chi connectivity index (χ4n) is 2.65. The van der Waals surface area contributed by atoms with Crippen LogP contribution in [0.25, 0.3) is 0 Å². The second kappa shape index (κ2) is 6.02. The number of halogens is 1. The van der Waals surface area contributed by atoms with E-state index in [1.165, 1.54) is 18.4 Å². The molecule has 22 heavy (non-hydrogen) atoms. The van der Waals surface area contributed by atoms with Crippen LogP contribution in [-0.2, 0) is 9.53 Å². The number of rotatable bonds is 3. The van der Waals surface area contributed by atoms with E-state index < -0.39 is 6.04 Å². The smallest absolute Gasteiger partial charge is 0.338 e. The number of carbonyl (C=O) groups excluding carboxylic acids is 1. The molecule has 0 fully saturated rings. The first kappa shape index (κ1) is 14.3. The van der Waals surface area contributed by atoms with Crippen molar-refractivity contribution in [1.82, 2.24) is 4.90 Å². The van der Waals surface area contributed by atoms with E-state index >= 15 is 0 Å². The van der Waals surface area contributed by atoms with Crippen LogP contribution >= 0.6 is 0 Å². The zero-order valence-corrected chi connectivity index (χ0v) is 12.1. The summed E-state index contributed by atoms with van der Waals surface area (Å²) in [5.41, 5.74) is 1.80. The molecular formula is C18H16FNO2. The molecule has 2 unspecified atom stereocenters. The summed E-state index contributed by atoms with van der Waals surface area (Å²) in [7, 11) is 0. The van der Waals surface area contributed by atoms with Gasteiger partial charge in [-0.1, -0.05) is 42.5 Å². The SMILES string of the molecule is CC(c1ccccc1)N1C=COC(=O)C1c1ccc(F)cc1. The first-order valence-electron chi connectivity index (χ1n) is 7.12. The van der Waals surface area contributed by atoms with Crippen molar-refractivity contribution in [2.24, 2.45) is 0 Å². The van der Waals surface area contributed by atoms with E-state index in [1.807, 2.05) is 42.2 Å². The van der Waals surface area contributed by atoms with Crippen LogP contribution in [0.3, 0.4) is 0 Å². The summed E-state index contributed by atoms with van der Waals surface area (Å²) >= 11 is 0. The lowest BCUT2D eigenvalue weighted by molar-refractivity contribution is -0.146. The summed E-state index contributed by atoms with van der Waals surface area (Å²) in [4.78, 5) is 14.1. The fourth-order valence-corrected chi connectivity index (χ4v) is 2.65. The normalized spacial score (nSPS) is 18.9. The molecule has 0 saturated heterocycles. The second-order valence-corrected chi connectivity index (χ2v) is 5.21. The third-order valence-corrected chi connectivity index (χ3v) is 3.85. The van der Waals surface area contributed by atoms with Gasteiger partial charge in [0.15, 0.2) is 6.04 Å². The zero-order valence-electron chi connectivity index (χ0n) is 12.1. The molecule has 3 rings (SSSR count). The number of hydrogen-bond acceptors (Lipinski definition) is 3. The molecule has 4 heteroatoms. The molecule has 1 aliphatic rings. The number of cyclic esters (lactones) is 1. The van der Waals surface area contributed by atoms with E-state index in [1.54, 1.807) is 18.3 Å². The largest absolute Gasteiger partial charge is 0.431 e. The average Bonchev–Trinajstić information content (AvgIpc) is 2.56. The lowest BCUT2D eigenvalue weighted by Crippen LogP contribution is -2.35. The number of benzene rings is 2. The molecule has 0 N–H and O–H groups in total. The molecule has 2 aromatic carbocycles. The maximum atomic E-state index is 13.1. The zero-order chi connectivity index (χ0) is 15.5. The van der Waals surface area contributed by atoms with Gasteiger partial charge in [-0.05, 0) is 30.2 Å². The Morgan fingerprint density at radius 2 is 1.77 bits per heavy atom. The Morgan fingerprint density at radius 3 is 2.45 bits per heavy atom. The van der Waals surface area contributed by atoms with E-state index in [2.05, 4.69) is 0 Å². The number of hydrogen-bond donors (Lipinski definition) is 0. The minimum atomic E-state index is -0.583. The number of nitrogens with zero attached hydrogens (tertiary/aromatic N) is 1. The summed E-state index contributed by atoms with van der Waals surface area (Å²) in [6.45, 7) is 2.02. The molecule has 0 spiro atoms. The summed E-state index contributed by atoms with van der Waals surface area (Å²) in [6, 6.07) is 15.2. The van der Waals surface area contributed by atoms with Crippen LogP contribution < -0.4 is 0 Å². The van der Waals surface area contributed by atoms with E-state index in [4.69, 9.17) is 4.74 Å². The average molecular weight is 297 g/mol. The van der Waals surface area contributed by atoms with Crippen LogP contribution in [0.4, 0.5) is 4.39 Å². The predicted octanol–water partition coefficient (Wildman–Crippen LogP) is 3.96. The van der Waals surface area contributed by atoms with Crippen molar-refractivity contribution < 1.29 is 13.9 Å². The highest BCUT2D eigenvalue weighted by Crippen LogP contribution is 2.34. The third kappa shape index (κ3) is 2.72. The molecule has 1 aliphatic heterocycles. The molecule has 0 bridgehead atoms. The van der Waals surface area contributed by atoms with E-state index in [0.717, 1.165) is 5.56 Å². The van der Waals surface area contributed by atoms with Gasteiger partial charge in [-0.25, -0.2) is 9.18 Å². The van der Waals surface area contributed by atoms with Gasteiger partial charge in [0.1, 0.15) is 12.1 Å². The minimum Gasteiger partial charge on any atom is -0.431 e. The second-order valence-electron chi connectivity index (χ2n) is 5.21. The van der Waals surface area contributed by atoms with Gasteiger partial charge >= 0.3 is 5.97 Å². The van der Waals surface area contributed by atoms with Gasteiger partial charge in [0.25, 0.3) is 0 Å². The minimum absolute atomic E-state index is 0.0136. The van der Waals surface area contributed by atoms with Gasteiger partial charge in [0.05, 0.1) is 6.04 Å². The third-order valence-electron chi connectivity index (χ3n) is 3.85. The summed E-state index contributed by atoms with van der Waals surface area (Å²) in [5, 5.41) is 0. The number of esters is 1.